The molecule has 0 heterocycles. The van der Waals surface area contributed by atoms with Crippen LogP contribution in [0.25, 0.3) is 0 Å². The van der Waals surface area contributed by atoms with Gasteiger partial charge in [-0.3, -0.25) is 9.59 Å². The van der Waals surface area contributed by atoms with Crippen molar-refractivity contribution in [3.05, 3.63) is 35.9 Å². The lowest BCUT2D eigenvalue weighted by Crippen LogP contribution is -2.47. The summed E-state index contributed by atoms with van der Waals surface area (Å²) in [4.78, 5) is 24.1. The first kappa shape index (κ1) is 17.5. The van der Waals surface area contributed by atoms with Gasteiger partial charge in [-0.05, 0) is 25.3 Å². The SMILES string of the molecule is CC(NC(=O)CC1(O)CCCCC1)C(=O)NCc1ccccc1. The highest BCUT2D eigenvalue weighted by molar-refractivity contribution is 5.87. The van der Waals surface area contributed by atoms with Crippen LogP contribution in [0.15, 0.2) is 30.3 Å². The molecule has 2 rings (SSSR count). The highest BCUT2D eigenvalue weighted by atomic mass is 16.3. The second kappa shape index (κ2) is 8.11. The molecule has 1 aliphatic rings. The molecule has 1 saturated carbocycles. The van der Waals surface area contributed by atoms with Gasteiger partial charge in [0.25, 0.3) is 0 Å². The summed E-state index contributed by atoms with van der Waals surface area (Å²) in [5.74, 6) is -0.491. The second-order valence-electron chi connectivity index (χ2n) is 6.45. The summed E-state index contributed by atoms with van der Waals surface area (Å²) in [5, 5.41) is 15.9. The van der Waals surface area contributed by atoms with Gasteiger partial charge in [-0.15, -0.1) is 0 Å². The van der Waals surface area contributed by atoms with Gasteiger partial charge in [0.1, 0.15) is 6.04 Å². The minimum absolute atomic E-state index is 0.0727. The average molecular weight is 318 g/mol. The Hall–Kier alpha value is -1.88. The molecule has 3 N–H and O–H groups in total. The van der Waals surface area contributed by atoms with E-state index >= 15 is 0 Å². The standard InChI is InChI=1S/C18H26N2O3/c1-14(17(22)19-13-15-8-4-2-5-9-15)20-16(21)12-18(23)10-6-3-7-11-18/h2,4-5,8-9,14,23H,3,6-7,10-13H2,1H3,(H,19,22)(H,20,21). The lowest BCUT2D eigenvalue weighted by molar-refractivity contribution is -0.132. The summed E-state index contributed by atoms with van der Waals surface area (Å²) in [5.41, 5.74) is 0.110. The zero-order chi connectivity index (χ0) is 16.7. The fourth-order valence-electron chi connectivity index (χ4n) is 2.98. The molecule has 23 heavy (non-hydrogen) atoms. The van der Waals surface area contributed by atoms with Crippen molar-refractivity contribution in [1.82, 2.24) is 10.6 Å². The van der Waals surface area contributed by atoms with Crippen LogP contribution in [0.4, 0.5) is 0 Å². The summed E-state index contributed by atoms with van der Waals surface area (Å²) in [6.45, 7) is 2.09. The van der Waals surface area contributed by atoms with E-state index in [2.05, 4.69) is 10.6 Å². The molecule has 5 nitrogen and oxygen atoms in total. The monoisotopic (exact) mass is 318 g/mol. The van der Waals surface area contributed by atoms with E-state index in [-0.39, 0.29) is 18.2 Å². The molecule has 1 aromatic carbocycles. The molecule has 0 radical (unpaired) electrons. The maximum Gasteiger partial charge on any atom is 0.242 e. The van der Waals surface area contributed by atoms with Gasteiger partial charge in [0, 0.05) is 6.54 Å². The smallest absolute Gasteiger partial charge is 0.242 e. The first-order chi connectivity index (χ1) is 11.0. The van der Waals surface area contributed by atoms with Crippen LogP contribution >= 0.6 is 0 Å². The van der Waals surface area contributed by atoms with Crippen LogP contribution in [-0.2, 0) is 16.1 Å². The Balaban J connectivity index is 1.75. The summed E-state index contributed by atoms with van der Waals surface area (Å²) >= 11 is 0. The molecule has 0 aromatic heterocycles. The molecule has 0 spiro atoms. The number of aliphatic hydroxyl groups is 1. The fourth-order valence-corrected chi connectivity index (χ4v) is 2.98. The number of benzene rings is 1. The molecule has 0 saturated heterocycles. The molecule has 0 aliphatic heterocycles. The van der Waals surface area contributed by atoms with Crippen LogP contribution in [0, 0.1) is 0 Å². The molecule has 126 valence electrons. The Morgan fingerprint density at radius 2 is 1.83 bits per heavy atom. The number of carbonyl (C=O) groups is 2. The average Bonchev–Trinajstić information content (AvgIpc) is 2.53. The van der Waals surface area contributed by atoms with Crippen LogP contribution in [0.3, 0.4) is 0 Å². The van der Waals surface area contributed by atoms with Gasteiger partial charge in [0.2, 0.25) is 11.8 Å². The molecule has 1 atom stereocenters. The van der Waals surface area contributed by atoms with Gasteiger partial charge < -0.3 is 15.7 Å². The van der Waals surface area contributed by atoms with E-state index in [4.69, 9.17) is 0 Å². The molecule has 5 heteroatoms. The highest BCUT2D eigenvalue weighted by Crippen LogP contribution is 2.30. The molecule has 1 aromatic rings. The summed E-state index contributed by atoms with van der Waals surface area (Å²) in [6, 6.07) is 9.00. The van der Waals surface area contributed by atoms with Crippen molar-refractivity contribution in [2.75, 3.05) is 0 Å². The topological polar surface area (TPSA) is 78.4 Å². The Labute approximate surface area is 137 Å². The van der Waals surface area contributed by atoms with Crippen LogP contribution in [0.1, 0.15) is 51.0 Å². The lowest BCUT2D eigenvalue weighted by Gasteiger charge is -2.31. The first-order valence-electron chi connectivity index (χ1n) is 8.32. The van der Waals surface area contributed by atoms with Crippen molar-refractivity contribution in [2.45, 2.75) is 63.6 Å². The van der Waals surface area contributed by atoms with Crippen LogP contribution in [0.2, 0.25) is 0 Å². The third kappa shape index (κ3) is 5.67. The number of nitrogens with one attached hydrogen (secondary N) is 2. The minimum atomic E-state index is -0.900. The van der Waals surface area contributed by atoms with E-state index in [0.717, 1.165) is 24.8 Å². The predicted octanol–water partition coefficient (Wildman–Crippen LogP) is 1.89. The van der Waals surface area contributed by atoms with E-state index in [1.165, 1.54) is 0 Å². The number of carbonyl (C=O) groups excluding carboxylic acids is 2. The molecular formula is C18H26N2O3. The Morgan fingerprint density at radius 1 is 1.17 bits per heavy atom. The predicted molar refractivity (Wildman–Crippen MR) is 88.5 cm³/mol. The van der Waals surface area contributed by atoms with E-state index in [0.29, 0.717) is 19.4 Å². The molecule has 0 bridgehead atoms. The van der Waals surface area contributed by atoms with Gasteiger partial charge >= 0.3 is 0 Å². The number of hydrogen-bond donors (Lipinski definition) is 3. The second-order valence-corrected chi connectivity index (χ2v) is 6.45. The van der Waals surface area contributed by atoms with Crippen LogP contribution in [0.5, 0.6) is 0 Å². The molecule has 2 amide bonds. The van der Waals surface area contributed by atoms with Crippen LogP contribution < -0.4 is 10.6 Å². The highest BCUT2D eigenvalue weighted by Gasteiger charge is 2.32. The zero-order valence-electron chi connectivity index (χ0n) is 13.7. The Kier molecular flexibility index (Phi) is 6.16. The van der Waals surface area contributed by atoms with Crippen molar-refractivity contribution < 1.29 is 14.7 Å². The van der Waals surface area contributed by atoms with Crippen molar-refractivity contribution >= 4 is 11.8 Å². The Bertz CT molecular complexity index is 524. The summed E-state index contributed by atoms with van der Waals surface area (Å²) in [6.07, 6.45) is 4.42. The molecular weight excluding hydrogens is 292 g/mol. The third-order valence-electron chi connectivity index (χ3n) is 4.35. The third-order valence-corrected chi connectivity index (χ3v) is 4.35. The van der Waals surface area contributed by atoms with E-state index in [1.807, 2.05) is 30.3 Å². The van der Waals surface area contributed by atoms with E-state index < -0.39 is 11.6 Å². The van der Waals surface area contributed by atoms with Gasteiger partial charge in [-0.1, -0.05) is 49.6 Å². The molecule has 1 fully saturated rings. The van der Waals surface area contributed by atoms with Gasteiger partial charge in [-0.25, -0.2) is 0 Å². The van der Waals surface area contributed by atoms with Gasteiger partial charge in [0.15, 0.2) is 0 Å². The minimum Gasteiger partial charge on any atom is -0.389 e. The lowest BCUT2D eigenvalue weighted by atomic mass is 9.82. The fraction of sp³-hybridized carbons (Fsp3) is 0.556. The van der Waals surface area contributed by atoms with E-state index in [9.17, 15) is 14.7 Å². The summed E-state index contributed by atoms with van der Waals surface area (Å²) < 4.78 is 0. The Morgan fingerprint density at radius 3 is 2.48 bits per heavy atom. The van der Waals surface area contributed by atoms with Crippen molar-refractivity contribution in [3.63, 3.8) is 0 Å². The number of amides is 2. The van der Waals surface area contributed by atoms with Crippen molar-refractivity contribution in [2.24, 2.45) is 0 Å². The maximum absolute atomic E-state index is 12.1. The zero-order valence-corrected chi connectivity index (χ0v) is 13.7. The first-order valence-corrected chi connectivity index (χ1v) is 8.32. The maximum atomic E-state index is 12.1. The summed E-state index contributed by atoms with van der Waals surface area (Å²) in [7, 11) is 0. The van der Waals surface area contributed by atoms with Crippen molar-refractivity contribution in [1.29, 1.82) is 0 Å². The van der Waals surface area contributed by atoms with Gasteiger partial charge in [0.05, 0.1) is 12.0 Å². The molecule has 1 unspecified atom stereocenters. The van der Waals surface area contributed by atoms with Crippen molar-refractivity contribution in [3.8, 4) is 0 Å². The molecule has 1 aliphatic carbocycles. The number of rotatable bonds is 6. The largest absolute Gasteiger partial charge is 0.389 e. The van der Waals surface area contributed by atoms with Crippen LogP contribution in [-0.4, -0.2) is 28.6 Å². The quantitative estimate of drug-likeness (QED) is 0.749. The van der Waals surface area contributed by atoms with E-state index in [1.54, 1.807) is 6.92 Å². The normalized spacial score (nSPS) is 18.0. The number of hydrogen-bond acceptors (Lipinski definition) is 3. The van der Waals surface area contributed by atoms with Gasteiger partial charge in [-0.2, -0.15) is 0 Å².